The Morgan fingerprint density at radius 2 is 1.90 bits per heavy atom. The van der Waals surface area contributed by atoms with Gasteiger partial charge in [0.25, 0.3) is 11.8 Å². The summed E-state index contributed by atoms with van der Waals surface area (Å²) >= 11 is 0. The first-order valence-electron chi connectivity index (χ1n) is 6.40. The monoisotopic (exact) mass is 294 g/mol. The second kappa shape index (κ2) is 6.05. The van der Waals surface area contributed by atoms with Crippen molar-refractivity contribution in [2.45, 2.75) is 5.92 Å². The number of nitrogens with two attached hydrogens (primary N) is 1. The fraction of sp³-hybridized carbons (Fsp3) is 0.267. The molecule has 0 atom stereocenters. The molecule has 6 heteroatoms. The average Bonchev–Trinajstić information content (AvgIpc) is 2.51. The second-order valence-corrected chi connectivity index (χ2v) is 4.60. The fourth-order valence-electron chi connectivity index (χ4n) is 2.02. The lowest BCUT2D eigenvalue weighted by Gasteiger charge is -2.15. The van der Waals surface area contributed by atoms with Crippen LogP contribution < -0.4 is 15.8 Å². The molecule has 2 aromatic carbocycles. The van der Waals surface area contributed by atoms with E-state index in [-0.39, 0.29) is 0 Å². The molecule has 0 spiro atoms. The fourth-order valence-corrected chi connectivity index (χ4v) is 2.02. The largest absolute Gasteiger partial charge is 0.496 e. The number of methoxy groups -OCH3 is 1. The number of nitrogens with one attached hydrogen (secondary N) is 1. The van der Waals surface area contributed by atoms with Crippen LogP contribution in [0.3, 0.4) is 0 Å². The Morgan fingerprint density at radius 1 is 1.24 bits per heavy atom. The van der Waals surface area contributed by atoms with Gasteiger partial charge in [0, 0.05) is 10.9 Å². The normalized spacial score (nSPS) is 11.4. The van der Waals surface area contributed by atoms with Crippen molar-refractivity contribution in [1.29, 1.82) is 0 Å². The zero-order valence-corrected chi connectivity index (χ0v) is 11.5. The second-order valence-electron chi connectivity index (χ2n) is 4.60. The van der Waals surface area contributed by atoms with Crippen molar-refractivity contribution in [2.75, 3.05) is 20.2 Å². The van der Waals surface area contributed by atoms with E-state index in [1.807, 2.05) is 6.07 Å². The Kier molecular flexibility index (Phi) is 4.37. The maximum atomic E-state index is 13.1. The lowest BCUT2D eigenvalue weighted by Crippen LogP contribution is -2.41. The van der Waals surface area contributed by atoms with E-state index in [1.54, 1.807) is 30.3 Å². The molecule has 2 rings (SSSR count). The third-order valence-corrected chi connectivity index (χ3v) is 3.15. The maximum absolute atomic E-state index is 13.1. The van der Waals surface area contributed by atoms with Gasteiger partial charge in [-0.15, -0.1) is 0 Å². The van der Waals surface area contributed by atoms with E-state index in [9.17, 15) is 13.6 Å². The van der Waals surface area contributed by atoms with Gasteiger partial charge in [-0.05, 0) is 17.5 Å². The number of carbonyl (C=O) groups is 1. The van der Waals surface area contributed by atoms with Gasteiger partial charge < -0.3 is 15.8 Å². The van der Waals surface area contributed by atoms with Crippen LogP contribution in [0.5, 0.6) is 5.75 Å². The number of hydrogen-bond acceptors (Lipinski definition) is 3. The number of fused-ring (bicyclic) bond motifs is 1. The van der Waals surface area contributed by atoms with E-state index in [2.05, 4.69) is 5.32 Å². The van der Waals surface area contributed by atoms with Crippen molar-refractivity contribution in [2.24, 2.45) is 5.73 Å². The Bertz CT molecular complexity index is 659. The summed E-state index contributed by atoms with van der Waals surface area (Å²) in [5, 5.41) is 3.60. The number of hydrogen-bond donors (Lipinski definition) is 2. The predicted molar refractivity (Wildman–Crippen MR) is 76.8 cm³/mol. The Hall–Kier alpha value is -2.21. The molecule has 0 unspecified atom stereocenters. The van der Waals surface area contributed by atoms with Crippen LogP contribution in [0.1, 0.15) is 10.4 Å². The molecule has 4 nitrogen and oxygen atoms in total. The van der Waals surface area contributed by atoms with E-state index in [1.165, 1.54) is 7.11 Å². The molecule has 0 aliphatic rings. The van der Waals surface area contributed by atoms with E-state index >= 15 is 0 Å². The lowest BCUT2D eigenvalue weighted by atomic mass is 10.0. The van der Waals surface area contributed by atoms with Gasteiger partial charge in [0.1, 0.15) is 5.75 Å². The van der Waals surface area contributed by atoms with Crippen LogP contribution in [0, 0.1) is 0 Å². The van der Waals surface area contributed by atoms with Crippen LogP contribution in [0.4, 0.5) is 8.78 Å². The van der Waals surface area contributed by atoms with Crippen LogP contribution in [-0.4, -0.2) is 32.0 Å². The SMILES string of the molecule is COc1ccc(C(=O)NCC(F)(F)CN)c2ccccc12. The summed E-state index contributed by atoms with van der Waals surface area (Å²) < 4.78 is 31.4. The number of alkyl halides is 2. The summed E-state index contributed by atoms with van der Waals surface area (Å²) in [4.78, 5) is 12.1. The Morgan fingerprint density at radius 3 is 2.52 bits per heavy atom. The van der Waals surface area contributed by atoms with Gasteiger partial charge in [0.15, 0.2) is 0 Å². The first-order valence-corrected chi connectivity index (χ1v) is 6.40. The molecule has 0 saturated heterocycles. The smallest absolute Gasteiger partial charge is 0.277 e. The van der Waals surface area contributed by atoms with Crippen molar-refractivity contribution >= 4 is 16.7 Å². The molecule has 0 fully saturated rings. The quantitative estimate of drug-likeness (QED) is 0.888. The summed E-state index contributed by atoms with van der Waals surface area (Å²) in [7, 11) is 1.53. The molecule has 0 aliphatic heterocycles. The molecule has 1 amide bonds. The molecule has 3 N–H and O–H groups in total. The van der Waals surface area contributed by atoms with Gasteiger partial charge in [0.05, 0.1) is 20.2 Å². The van der Waals surface area contributed by atoms with Crippen molar-refractivity contribution in [3.8, 4) is 5.75 Å². The van der Waals surface area contributed by atoms with Gasteiger partial charge in [-0.3, -0.25) is 4.79 Å². The molecule has 0 heterocycles. The average molecular weight is 294 g/mol. The highest BCUT2D eigenvalue weighted by Gasteiger charge is 2.27. The molecule has 0 radical (unpaired) electrons. The van der Waals surface area contributed by atoms with Gasteiger partial charge in [0.2, 0.25) is 0 Å². The molecule has 21 heavy (non-hydrogen) atoms. The number of rotatable bonds is 5. The first-order chi connectivity index (χ1) is 9.98. The summed E-state index contributed by atoms with van der Waals surface area (Å²) in [6.45, 7) is -1.60. The lowest BCUT2D eigenvalue weighted by molar-refractivity contribution is 0.0119. The van der Waals surface area contributed by atoms with Crippen molar-refractivity contribution in [1.82, 2.24) is 5.32 Å². The highest BCUT2D eigenvalue weighted by Crippen LogP contribution is 2.28. The first kappa shape index (κ1) is 15.2. The van der Waals surface area contributed by atoms with Crippen LogP contribution in [0.15, 0.2) is 36.4 Å². The molecule has 0 aromatic heterocycles. The van der Waals surface area contributed by atoms with Crippen LogP contribution in [0.2, 0.25) is 0 Å². The van der Waals surface area contributed by atoms with Crippen molar-refractivity contribution in [3.05, 3.63) is 42.0 Å². The van der Waals surface area contributed by atoms with E-state index < -0.39 is 24.9 Å². The third-order valence-electron chi connectivity index (χ3n) is 3.15. The minimum absolute atomic E-state index is 0.319. The number of halogens is 2. The van der Waals surface area contributed by atoms with Crippen LogP contribution in [0.25, 0.3) is 10.8 Å². The number of ether oxygens (including phenoxy) is 1. The molecule has 112 valence electrons. The standard InChI is InChI=1S/C15H16F2N2O2/c1-21-13-7-6-12(10-4-2-3-5-11(10)13)14(20)19-9-15(16,17)8-18/h2-7H,8-9,18H2,1H3,(H,19,20). The van der Waals surface area contributed by atoms with E-state index in [0.29, 0.717) is 16.7 Å². The highest BCUT2D eigenvalue weighted by molar-refractivity contribution is 6.08. The minimum Gasteiger partial charge on any atom is -0.496 e. The third kappa shape index (κ3) is 3.28. The van der Waals surface area contributed by atoms with Gasteiger partial charge in [-0.2, -0.15) is 0 Å². The number of carbonyl (C=O) groups excluding carboxylic acids is 1. The van der Waals surface area contributed by atoms with E-state index in [0.717, 1.165) is 5.39 Å². The van der Waals surface area contributed by atoms with Crippen LogP contribution in [-0.2, 0) is 0 Å². The van der Waals surface area contributed by atoms with Crippen LogP contribution >= 0.6 is 0 Å². The predicted octanol–water partition coefficient (Wildman–Crippen LogP) is 2.17. The highest BCUT2D eigenvalue weighted by atomic mass is 19.3. The molecule has 0 aliphatic carbocycles. The Labute approximate surface area is 120 Å². The summed E-state index contributed by atoms with van der Waals surface area (Å²) in [6.07, 6.45) is 0. The molecule has 0 saturated carbocycles. The van der Waals surface area contributed by atoms with Gasteiger partial charge in [-0.1, -0.05) is 24.3 Å². The summed E-state index contributed by atoms with van der Waals surface area (Å²) in [5.74, 6) is -3.06. The zero-order chi connectivity index (χ0) is 15.5. The number of benzene rings is 2. The van der Waals surface area contributed by atoms with Crippen molar-refractivity contribution < 1.29 is 18.3 Å². The zero-order valence-electron chi connectivity index (χ0n) is 11.5. The molecule has 0 bridgehead atoms. The molecule has 2 aromatic rings. The summed E-state index contributed by atoms with van der Waals surface area (Å²) in [5.41, 5.74) is 5.26. The van der Waals surface area contributed by atoms with Gasteiger partial charge >= 0.3 is 0 Å². The molecular formula is C15H16F2N2O2. The maximum Gasteiger partial charge on any atom is 0.277 e. The minimum atomic E-state index is -3.11. The van der Waals surface area contributed by atoms with E-state index in [4.69, 9.17) is 10.5 Å². The topological polar surface area (TPSA) is 64.3 Å². The summed E-state index contributed by atoms with van der Waals surface area (Å²) in [6, 6.07) is 10.3. The molecular weight excluding hydrogens is 278 g/mol. The number of amides is 1. The van der Waals surface area contributed by atoms with Crippen molar-refractivity contribution in [3.63, 3.8) is 0 Å². The Balaban J connectivity index is 2.32. The van der Waals surface area contributed by atoms with Gasteiger partial charge in [-0.25, -0.2) is 8.78 Å².